The Balaban J connectivity index is 2.60. The Hall–Kier alpha value is -0.890. The highest BCUT2D eigenvalue weighted by Crippen LogP contribution is 2.18. The summed E-state index contributed by atoms with van der Waals surface area (Å²) < 4.78 is 7.09. The third-order valence-electron chi connectivity index (χ3n) is 2.14. The number of imidazole rings is 1. The number of carbonyl (C=O) groups is 1. The first-order chi connectivity index (χ1) is 8.17. The number of aromatic nitrogens is 3. The molecule has 2 aromatic rings. The largest absolute Gasteiger partial charge is 0.461 e. The molecule has 2 heterocycles. The van der Waals surface area contributed by atoms with Crippen LogP contribution in [-0.2, 0) is 9.16 Å². The fourth-order valence-corrected chi connectivity index (χ4v) is 2.21. The number of alkyl halides is 1. The van der Waals surface area contributed by atoms with Gasteiger partial charge in [-0.1, -0.05) is 34.2 Å². The van der Waals surface area contributed by atoms with Gasteiger partial charge in [-0.05, 0) is 13.0 Å². The molecule has 0 aliphatic rings. The van der Waals surface area contributed by atoms with E-state index in [2.05, 4.69) is 32.7 Å². The Kier molecular flexibility index (Phi) is 3.82. The van der Waals surface area contributed by atoms with Crippen molar-refractivity contribution in [2.24, 2.45) is 0 Å². The van der Waals surface area contributed by atoms with Crippen LogP contribution in [0.1, 0.15) is 23.0 Å². The first-order valence-corrected chi connectivity index (χ1v) is 6.84. The average Bonchev–Trinajstić information content (AvgIpc) is 2.71. The van der Waals surface area contributed by atoms with Crippen LogP contribution in [0.4, 0.5) is 0 Å². The third kappa shape index (κ3) is 2.37. The van der Waals surface area contributed by atoms with Crippen LogP contribution in [0.5, 0.6) is 0 Å². The lowest BCUT2D eigenvalue weighted by Crippen LogP contribution is -2.10. The molecule has 2 aromatic heterocycles. The molecule has 0 amide bonds. The van der Waals surface area contributed by atoms with Gasteiger partial charge in [-0.25, -0.2) is 14.3 Å². The summed E-state index contributed by atoms with van der Waals surface area (Å²) in [4.78, 5) is 15.8. The lowest BCUT2D eigenvalue weighted by Gasteiger charge is -2.03. The molecule has 17 heavy (non-hydrogen) atoms. The van der Waals surface area contributed by atoms with Crippen molar-refractivity contribution in [2.75, 3.05) is 6.61 Å². The number of rotatable bonds is 3. The summed E-state index contributed by atoms with van der Waals surface area (Å²) in [6.07, 6.45) is 1.45. The van der Waals surface area contributed by atoms with Gasteiger partial charge < -0.3 is 4.74 Å². The molecular formula is C10H9ClIN3O2. The quantitative estimate of drug-likeness (QED) is 0.476. The average molecular weight is 366 g/mol. The number of nitrogens with zero attached hydrogens (tertiary/aromatic N) is 3. The van der Waals surface area contributed by atoms with E-state index in [1.54, 1.807) is 13.0 Å². The van der Waals surface area contributed by atoms with Gasteiger partial charge in [0.1, 0.15) is 5.15 Å². The molecule has 0 saturated carbocycles. The summed E-state index contributed by atoms with van der Waals surface area (Å²) in [7, 11) is 0. The van der Waals surface area contributed by atoms with E-state index in [0.29, 0.717) is 17.4 Å². The molecule has 0 aromatic carbocycles. The van der Waals surface area contributed by atoms with Gasteiger partial charge in [-0.2, -0.15) is 5.10 Å². The topological polar surface area (TPSA) is 56.5 Å². The molecule has 0 N–H and O–H groups in total. The normalized spacial score (nSPS) is 10.8. The van der Waals surface area contributed by atoms with Crippen molar-refractivity contribution in [2.45, 2.75) is 11.4 Å². The van der Waals surface area contributed by atoms with Crippen molar-refractivity contribution in [1.82, 2.24) is 14.6 Å². The van der Waals surface area contributed by atoms with Crippen molar-refractivity contribution in [1.29, 1.82) is 0 Å². The fraction of sp³-hybridized carbons (Fsp3) is 0.300. The SMILES string of the molecule is CCOC(=O)c1cnc2c(CI)cc(Cl)nn12. The Morgan fingerprint density at radius 1 is 1.65 bits per heavy atom. The van der Waals surface area contributed by atoms with Crippen molar-refractivity contribution in [3.8, 4) is 0 Å². The molecule has 5 nitrogen and oxygen atoms in total. The van der Waals surface area contributed by atoms with Gasteiger partial charge in [0.2, 0.25) is 0 Å². The maximum Gasteiger partial charge on any atom is 0.358 e. The third-order valence-corrected chi connectivity index (χ3v) is 3.15. The maximum absolute atomic E-state index is 11.7. The first-order valence-electron chi connectivity index (χ1n) is 4.93. The molecule has 0 saturated heterocycles. The standard InChI is InChI=1S/C10H9ClIN3O2/c1-2-17-10(16)7-5-13-9-6(4-12)3-8(11)14-15(7)9/h3,5H,2,4H2,1H3. The van der Waals surface area contributed by atoms with Gasteiger partial charge in [0.05, 0.1) is 12.8 Å². The second-order valence-electron chi connectivity index (χ2n) is 3.23. The van der Waals surface area contributed by atoms with Crippen molar-refractivity contribution in [3.63, 3.8) is 0 Å². The van der Waals surface area contributed by atoms with Crippen molar-refractivity contribution in [3.05, 3.63) is 28.7 Å². The lowest BCUT2D eigenvalue weighted by atomic mass is 10.3. The summed E-state index contributed by atoms with van der Waals surface area (Å²) >= 11 is 8.10. The predicted octanol–water partition coefficient (Wildman–Crippen LogP) is 2.49. The molecule has 0 atom stereocenters. The van der Waals surface area contributed by atoms with E-state index in [1.165, 1.54) is 10.7 Å². The van der Waals surface area contributed by atoms with Gasteiger partial charge >= 0.3 is 5.97 Å². The van der Waals surface area contributed by atoms with Gasteiger partial charge in [-0.15, -0.1) is 0 Å². The Morgan fingerprint density at radius 2 is 2.41 bits per heavy atom. The van der Waals surface area contributed by atoms with Crippen LogP contribution < -0.4 is 0 Å². The molecule has 7 heteroatoms. The molecule has 0 bridgehead atoms. The zero-order valence-electron chi connectivity index (χ0n) is 8.98. The second-order valence-corrected chi connectivity index (χ2v) is 4.38. The maximum atomic E-state index is 11.7. The minimum absolute atomic E-state index is 0.287. The summed E-state index contributed by atoms with van der Waals surface area (Å²) in [5.41, 5.74) is 1.85. The highest BCUT2D eigenvalue weighted by Gasteiger charge is 2.16. The van der Waals surface area contributed by atoms with Gasteiger partial charge in [0.15, 0.2) is 11.3 Å². The molecule has 0 aliphatic heterocycles. The van der Waals surface area contributed by atoms with Crippen molar-refractivity contribution >= 4 is 45.8 Å². The molecule has 90 valence electrons. The van der Waals surface area contributed by atoms with E-state index in [1.807, 2.05) is 0 Å². The van der Waals surface area contributed by atoms with Gasteiger partial charge in [0.25, 0.3) is 0 Å². The minimum Gasteiger partial charge on any atom is -0.461 e. The lowest BCUT2D eigenvalue weighted by molar-refractivity contribution is 0.0517. The number of esters is 1. The summed E-state index contributed by atoms with van der Waals surface area (Å²) in [5, 5.41) is 4.39. The molecule has 0 radical (unpaired) electrons. The summed E-state index contributed by atoms with van der Waals surface area (Å²) in [6, 6.07) is 1.74. The summed E-state index contributed by atoms with van der Waals surface area (Å²) in [5.74, 6) is -0.450. The van der Waals surface area contributed by atoms with Gasteiger partial charge in [-0.3, -0.25) is 0 Å². The van der Waals surface area contributed by atoms with Crippen LogP contribution in [0.2, 0.25) is 5.15 Å². The first kappa shape index (κ1) is 12.6. The molecule has 0 aliphatic carbocycles. The van der Waals surface area contributed by atoms with Gasteiger partial charge in [0, 0.05) is 9.99 Å². The second kappa shape index (κ2) is 5.18. The number of fused-ring (bicyclic) bond motifs is 1. The number of hydrogen-bond donors (Lipinski definition) is 0. The Morgan fingerprint density at radius 3 is 3.06 bits per heavy atom. The fourth-order valence-electron chi connectivity index (χ4n) is 1.44. The van der Waals surface area contributed by atoms with E-state index in [-0.39, 0.29) is 5.69 Å². The van der Waals surface area contributed by atoms with E-state index >= 15 is 0 Å². The van der Waals surface area contributed by atoms with E-state index in [0.717, 1.165) is 9.99 Å². The molecule has 0 unspecified atom stereocenters. The molecule has 0 spiro atoms. The molecule has 2 rings (SSSR count). The molecular weight excluding hydrogens is 356 g/mol. The molecule has 0 fully saturated rings. The smallest absolute Gasteiger partial charge is 0.358 e. The van der Waals surface area contributed by atoms with E-state index < -0.39 is 5.97 Å². The predicted molar refractivity (Wildman–Crippen MR) is 71.7 cm³/mol. The van der Waals surface area contributed by atoms with Crippen LogP contribution in [0, 0.1) is 0 Å². The Bertz CT molecular complexity index is 570. The van der Waals surface area contributed by atoms with E-state index in [9.17, 15) is 4.79 Å². The van der Waals surface area contributed by atoms with Crippen LogP contribution in [0.3, 0.4) is 0 Å². The van der Waals surface area contributed by atoms with Crippen LogP contribution in [0.25, 0.3) is 5.65 Å². The number of carbonyl (C=O) groups excluding carboxylic acids is 1. The summed E-state index contributed by atoms with van der Waals surface area (Å²) in [6.45, 7) is 2.06. The highest BCUT2D eigenvalue weighted by atomic mass is 127. The minimum atomic E-state index is -0.450. The van der Waals surface area contributed by atoms with Crippen molar-refractivity contribution < 1.29 is 9.53 Å². The zero-order valence-corrected chi connectivity index (χ0v) is 11.9. The monoisotopic (exact) mass is 365 g/mol. The number of hydrogen-bond acceptors (Lipinski definition) is 4. The number of halogens is 2. The van der Waals surface area contributed by atoms with Crippen LogP contribution >= 0.6 is 34.2 Å². The van der Waals surface area contributed by atoms with E-state index in [4.69, 9.17) is 16.3 Å². The zero-order chi connectivity index (χ0) is 12.4. The highest BCUT2D eigenvalue weighted by molar-refractivity contribution is 14.1. The van der Waals surface area contributed by atoms with Crippen LogP contribution in [-0.4, -0.2) is 27.2 Å². The van der Waals surface area contributed by atoms with Crippen LogP contribution in [0.15, 0.2) is 12.3 Å². The Labute approximate surface area is 116 Å². The number of ether oxygens (including phenoxy) is 1.